The van der Waals surface area contributed by atoms with Crippen LogP contribution < -0.4 is 10.2 Å². The SMILES string of the molecule is CC(C)=Cc1cc(NC2CCN(c3nc4ccccc4n3C3CC3)CC2)ccc1C(=N)c1cccc(F)c1.[HH]. The van der Waals surface area contributed by atoms with Gasteiger partial charge in [0.2, 0.25) is 5.95 Å². The second-order valence-corrected chi connectivity index (χ2v) is 10.8. The van der Waals surface area contributed by atoms with Crippen molar-refractivity contribution in [3.63, 3.8) is 0 Å². The fourth-order valence-corrected chi connectivity index (χ4v) is 5.52. The maximum absolute atomic E-state index is 13.8. The maximum atomic E-state index is 13.8. The number of allylic oxidation sites excluding steroid dienone is 1. The molecule has 1 aliphatic carbocycles. The fraction of sp³-hybridized carbons (Fsp3) is 0.312. The first-order chi connectivity index (χ1) is 18.5. The van der Waals surface area contributed by atoms with E-state index in [9.17, 15) is 4.39 Å². The average Bonchev–Trinajstić information content (AvgIpc) is 3.68. The van der Waals surface area contributed by atoms with E-state index >= 15 is 0 Å². The lowest BCUT2D eigenvalue weighted by Gasteiger charge is -2.34. The molecule has 0 radical (unpaired) electrons. The van der Waals surface area contributed by atoms with Crippen molar-refractivity contribution < 1.29 is 5.82 Å². The van der Waals surface area contributed by atoms with Gasteiger partial charge in [-0.05, 0) is 81.5 Å². The molecule has 5 nitrogen and oxygen atoms in total. The molecular formula is C32H36FN5. The Morgan fingerprint density at radius 3 is 2.53 bits per heavy atom. The Morgan fingerprint density at radius 1 is 1.00 bits per heavy atom. The number of para-hydroxylation sites is 2. The number of imidazole rings is 1. The van der Waals surface area contributed by atoms with Crippen LogP contribution in [0.25, 0.3) is 17.1 Å². The van der Waals surface area contributed by atoms with Gasteiger partial charge in [0.1, 0.15) is 5.82 Å². The molecule has 6 heteroatoms. The first kappa shape index (κ1) is 24.4. The first-order valence-electron chi connectivity index (χ1n) is 13.6. The zero-order valence-corrected chi connectivity index (χ0v) is 22.0. The van der Waals surface area contributed by atoms with Gasteiger partial charge in [0.15, 0.2) is 0 Å². The fourth-order valence-electron chi connectivity index (χ4n) is 5.52. The number of fused-ring (bicyclic) bond motifs is 1. The molecule has 1 saturated heterocycles. The number of benzene rings is 3. The van der Waals surface area contributed by atoms with Gasteiger partial charge in [-0.25, -0.2) is 9.37 Å². The molecule has 1 aliphatic heterocycles. The lowest BCUT2D eigenvalue weighted by molar-refractivity contribution is 0.513. The van der Waals surface area contributed by atoms with Gasteiger partial charge in [0, 0.05) is 43.4 Å². The molecule has 2 heterocycles. The van der Waals surface area contributed by atoms with Gasteiger partial charge in [-0.3, -0.25) is 5.41 Å². The molecule has 2 aliphatic rings. The number of anilines is 2. The summed E-state index contributed by atoms with van der Waals surface area (Å²) in [6, 6.07) is 21.9. The van der Waals surface area contributed by atoms with Crippen LogP contribution in [-0.4, -0.2) is 34.4 Å². The number of piperidine rings is 1. The van der Waals surface area contributed by atoms with Gasteiger partial charge in [0.25, 0.3) is 0 Å². The number of hydrogen-bond acceptors (Lipinski definition) is 4. The molecule has 1 saturated carbocycles. The number of nitrogens with one attached hydrogen (secondary N) is 2. The highest BCUT2D eigenvalue weighted by atomic mass is 19.1. The second-order valence-electron chi connectivity index (χ2n) is 10.8. The van der Waals surface area contributed by atoms with E-state index in [4.69, 9.17) is 10.4 Å². The van der Waals surface area contributed by atoms with Gasteiger partial charge in [0.05, 0.1) is 16.7 Å². The van der Waals surface area contributed by atoms with Crippen molar-refractivity contribution in [3.8, 4) is 0 Å². The average molecular weight is 510 g/mol. The summed E-state index contributed by atoms with van der Waals surface area (Å²) in [7, 11) is 0. The lowest BCUT2D eigenvalue weighted by atomic mass is 9.95. The van der Waals surface area contributed by atoms with Crippen LogP contribution >= 0.6 is 0 Å². The van der Waals surface area contributed by atoms with Crippen LogP contribution in [0.5, 0.6) is 0 Å². The molecule has 6 rings (SSSR count). The van der Waals surface area contributed by atoms with Crippen molar-refractivity contribution in [2.45, 2.75) is 51.6 Å². The summed E-state index contributed by atoms with van der Waals surface area (Å²) in [5.74, 6) is 0.798. The largest absolute Gasteiger partial charge is 0.382 e. The normalized spacial score (nSPS) is 16.0. The number of aromatic nitrogens is 2. The van der Waals surface area contributed by atoms with Gasteiger partial charge >= 0.3 is 0 Å². The number of halogens is 1. The van der Waals surface area contributed by atoms with E-state index < -0.39 is 0 Å². The Bertz CT molecular complexity index is 1520. The van der Waals surface area contributed by atoms with Crippen LogP contribution in [0.1, 0.15) is 63.7 Å². The van der Waals surface area contributed by atoms with Gasteiger partial charge in [-0.15, -0.1) is 0 Å². The number of hydrogen-bond donors (Lipinski definition) is 2. The summed E-state index contributed by atoms with van der Waals surface area (Å²) in [5, 5.41) is 12.5. The molecular weight excluding hydrogens is 473 g/mol. The molecule has 0 bridgehead atoms. The molecule has 4 aromatic rings. The molecule has 2 fully saturated rings. The van der Waals surface area contributed by atoms with Crippen LogP contribution in [0.2, 0.25) is 0 Å². The van der Waals surface area contributed by atoms with Gasteiger partial charge in [-0.2, -0.15) is 0 Å². The van der Waals surface area contributed by atoms with Crippen molar-refractivity contribution in [2.75, 3.05) is 23.3 Å². The topological polar surface area (TPSA) is 56.9 Å². The van der Waals surface area contributed by atoms with Crippen molar-refractivity contribution in [3.05, 3.63) is 94.8 Å². The predicted octanol–water partition coefficient (Wildman–Crippen LogP) is 7.68. The van der Waals surface area contributed by atoms with Gasteiger partial charge in [-0.1, -0.05) is 42.0 Å². The van der Waals surface area contributed by atoms with E-state index in [1.807, 2.05) is 12.1 Å². The minimum atomic E-state index is -0.326. The summed E-state index contributed by atoms with van der Waals surface area (Å²) in [6.45, 7) is 6.05. The van der Waals surface area contributed by atoms with Crippen LogP contribution in [0.3, 0.4) is 0 Å². The highest BCUT2D eigenvalue weighted by molar-refractivity contribution is 6.13. The third-order valence-electron chi connectivity index (χ3n) is 7.52. The summed E-state index contributed by atoms with van der Waals surface area (Å²) in [4.78, 5) is 7.47. The molecule has 0 amide bonds. The second kappa shape index (κ2) is 10.1. The quantitative estimate of drug-likeness (QED) is 0.251. The molecule has 0 spiro atoms. The minimum absolute atomic E-state index is 0. The van der Waals surface area contributed by atoms with Crippen molar-refractivity contribution in [1.29, 1.82) is 5.41 Å². The zero-order chi connectivity index (χ0) is 26.2. The van der Waals surface area contributed by atoms with E-state index in [0.29, 0.717) is 23.4 Å². The minimum Gasteiger partial charge on any atom is -0.382 e. The smallest absolute Gasteiger partial charge is 0.206 e. The molecule has 0 unspecified atom stereocenters. The van der Waals surface area contributed by atoms with Crippen LogP contribution in [0.15, 0.2) is 72.3 Å². The van der Waals surface area contributed by atoms with E-state index in [2.05, 4.69) is 65.0 Å². The summed E-state index contributed by atoms with van der Waals surface area (Å²) in [6.07, 6.45) is 6.65. The molecule has 2 N–H and O–H groups in total. The van der Waals surface area contributed by atoms with Crippen LogP contribution in [0.4, 0.5) is 16.0 Å². The first-order valence-corrected chi connectivity index (χ1v) is 13.6. The Balaban J connectivity index is 0.00000308. The van der Waals surface area contributed by atoms with Crippen molar-refractivity contribution in [1.82, 2.24) is 9.55 Å². The maximum Gasteiger partial charge on any atom is 0.206 e. The summed E-state index contributed by atoms with van der Waals surface area (Å²) >= 11 is 0. The van der Waals surface area contributed by atoms with Crippen molar-refractivity contribution >= 4 is 34.5 Å². The van der Waals surface area contributed by atoms with Crippen molar-refractivity contribution in [2.24, 2.45) is 0 Å². The highest BCUT2D eigenvalue weighted by Gasteiger charge is 2.31. The number of nitrogens with zero attached hydrogens (tertiary/aromatic N) is 3. The Labute approximate surface area is 225 Å². The Morgan fingerprint density at radius 2 is 1.79 bits per heavy atom. The summed E-state index contributed by atoms with van der Waals surface area (Å²) in [5.41, 5.74) is 7.23. The third kappa shape index (κ3) is 4.95. The highest BCUT2D eigenvalue weighted by Crippen LogP contribution is 2.41. The molecule has 196 valence electrons. The number of rotatable bonds is 7. The Hall–Kier alpha value is -3.93. The standard InChI is InChI=1S/C32H34FN5.H2/c1-21(2)18-23-20-26(10-13-28(23)31(34)22-6-5-7-24(33)19-22)35-25-14-16-37(17-15-25)32-36-29-8-3-4-9-30(29)38(32)27-11-12-27;/h3-10,13,18-20,25,27,34-35H,11-12,14-17H2,1-2H3;1H. The zero-order valence-electron chi connectivity index (χ0n) is 22.0. The van der Waals surface area contributed by atoms with E-state index in [0.717, 1.165) is 59.8 Å². The Kier molecular flexibility index (Phi) is 6.48. The third-order valence-corrected chi connectivity index (χ3v) is 7.52. The predicted molar refractivity (Wildman–Crippen MR) is 157 cm³/mol. The molecule has 3 aromatic carbocycles. The van der Waals surface area contributed by atoms with E-state index in [1.165, 1.54) is 30.5 Å². The van der Waals surface area contributed by atoms with E-state index in [-0.39, 0.29) is 7.24 Å². The van der Waals surface area contributed by atoms with Crippen LogP contribution in [-0.2, 0) is 0 Å². The monoisotopic (exact) mass is 509 g/mol. The lowest BCUT2D eigenvalue weighted by Crippen LogP contribution is -2.40. The molecule has 0 atom stereocenters. The van der Waals surface area contributed by atoms with Crippen LogP contribution in [0, 0.1) is 11.2 Å². The molecule has 1 aromatic heterocycles. The van der Waals surface area contributed by atoms with Gasteiger partial charge < -0.3 is 14.8 Å². The van der Waals surface area contributed by atoms with E-state index in [1.54, 1.807) is 12.1 Å². The summed E-state index contributed by atoms with van der Waals surface area (Å²) < 4.78 is 16.3. The molecule has 38 heavy (non-hydrogen) atoms.